The molecule has 3 aliphatic heterocycles. The Balaban J connectivity index is 1.59. The lowest BCUT2D eigenvalue weighted by Crippen LogP contribution is -2.60. The molecule has 3 fully saturated rings. The number of fused-ring (bicyclic) bond motifs is 1. The molecule has 3 amide bonds. The predicted octanol–water partition coefficient (Wildman–Crippen LogP) is 5.35. The molecule has 1 N–H and O–H groups in total. The summed E-state index contributed by atoms with van der Waals surface area (Å²) in [5.74, 6) is -1.55. The molecule has 0 aliphatic carbocycles. The van der Waals surface area contributed by atoms with E-state index in [1.54, 1.807) is 33.7 Å². The van der Waals surface area contributed by atoms with Crippen LogP contribution in [-0.2, 0) is 27.3 Å². The van der Waals surface area contributed by atoms with Crippen molar-refractivity contribution in [2.24, 2.45) is 17.8 Å². The summed E-state index contributed by atoms with van der Waals surface area (Å²) in [5.41, 5.74) is 1.99. The molecule has 1 spiro atoms. The zero-order chi connectivity index (χ0) is 33.0. The summed E-state index contributed by atoms with van der Waals surface area (Å²) in [4.78, 5) is 49.9. The van der Waals surface area contributed by atoms with Gasteiger partial charge >= 0.3 is 0 Å². The van der Waals surface area contributed by atoms with Crippen molar-refractivity contribution in [2.75, 3.05) is 19.7 Å². The first-order valence-electron chi connectivity index (χ1n) is 16.7. The molecular formula is C38H49N3O4S. The maximum Gasteiger partial charge on any atom is 0.247 e. The SMILES string of the molecule is C=CCN(Cc1ccccc1)C(=O)[C@@H]1[C@@H]2CC(C)C3(S2)C(C(=O)N(CC=C)C(C)CCC)N([C@@H](CO)Cc2ccccc2)C(=O)[C@H]13. The number of aliphatic hydroxyl groups excluding tert-OH is 1. The average molecular weight is 644 g/mol. The summed E-state index contributed by atoms with van der Waals surface area (Å²) < 4.78 is -0.777. The van der Waals surface area contributed by atoms with Gasteiger partial charge in [-0.25, -0.2) is 0 Å². The summed E-state index contributed by atoms with van der Waals surface area (Å²) in [6.07, 6.45) is 6.40. The second-order valence-electron chi connectivity index (χ2n) is 13.2. The molecule has 8 atom stereocenters. The number of hydrogen-bond donors (Lipinski definition) is 1. The second kappa shape index (κ2) is 14.6. The summed E-state index contributed by atoms with van der Waals surface area (Å²) >= 11 is 1.68. The topological polar surface area (TPSA) is 81.2 Å². The number of hydrogen-bond acceptors (Lipinski definition) is 5. The van der Waals surface area contributed by atoms with Crippen molar-refractivity contribution < 1.29 is 19.5 Å². The number of benzene rings is 2. The maximum absolute atomic E-state index is 15.0. The largest absolute Gasteiger partial charge is 0.394 e. The molecule has 5 rings (SSSR count). The molecule has 46 heavy (non-hydrogen) atoms. The summed E-state index contributed by atoms with van der Waals surface area (Å²) in [7, 11) is 0. The van der Waals surface area contributed by atoms with Crippen LogP contribution in [0.15, 0.2) is 86.0 Å². The van der Waals surface area contributed by atoms with Gasteiger partial charge in [-0.1, -0.05) is 93.1 Å². The quantitative estimate of drug-likeness (QED) is 0.265. The van der Waals surface area contributed by atoms with E-state index in [0.29, 0.717) is 26.1 Å². The van der Waals surface area contributed by atoms with Crippen LogP contribution in [0.3, 0.4) is 0 Å². The average Bonchev–Trinajstić information content (AvgIpc) is 3.66. The Hall–Kier alpha value is -3.36. The number of carbonyl (C=O) groups excluding carboxylic acids is 3. The number of rotatable bonds is 15. The Labute approximate surface area is 278 Å². The van der Waals surface area contributed by atoms with Crippen LogP contribution in [0.4, 0.5) is 0 Å². The lowest BCUT2D eigenvalue weighted by Gasteiger charge is -2.43. The van der Waals surface area contributed by atoms with Crippen LogP contribution in [0, 0.1) is 17.8 Å². The van der Waals surface area contributed by atoms with Gasteiger partial charge in [0.15, 0.2) is 0 Å². The Morgan fingerprint density at radius 3 is 2.26 bits per heavy atom. The standard InChI is InChI=1S/C38H49N3O4S/c1-6-15-27(5)40(21-8-3)37(45)34-38-26(4)22-31(46-38)32(35(43)39(20-7-2)24-29-18-13-10-14-19-29)33(38)36(44)41(34)30(25-42)23-28-16-11-9-12-17-28/h7-14,16-19,26-27,30-34,42H,2-3,6,15,20-25H2,1,4-5H3/t26?,27?,30-,31+,32-,33+,34?,38?/m1/s1. The van der Waals surface area contributed by atoms with E-state index in [1.165, 1.54) is 0 Å². The lowest BCUT2D eigenvalue weighted by atomic mass is 9.65. The van der Waals surface area contributed by atoms with Crippen molar-refractivity contribution in [1.29, 1.82) is 0 Å². The van der Waals surface area contributed by atoms with Gasteiger partial charge < -0.3 is 19.8 Å². The first kappa shape index (κ1) is 34.0. The molecule has 2 bridgehead atoms. The first-order valence-corrected chi connectivity index (χ1v) is 17.6. The molecule has 246 valence electrons. The van der Waals surface area contributed by atoms with Crippen molar-refractivity contribution in [3.05, 3.63) is 97.1 Å². The molecule has 0 radical (unpaired) electrons. The number of carbonyl (C=O) groups is 3. The predicted molar refractivity (Wildman–Crippen MR) is 185 cm³/mol. The van der Waals surface area contributed by atoms with Crippen molar-refractivity contribution in [3.63, 3.8) is 0 Å². The van der Waals surface area contributed by atoms with Crippen LogP contribution in [0.2, 0.25) is 0 Å². The van der Waals surface area contributed by atoms with Gasteiger partial charge in [0.1, 0.15) is 6.04 Å². The van der Waals surface area contributed by atoms with Crippen molar-refractivity contribution in [1.82, 2.24) is 14.7 Å². The minimum Gasteiger partial charge on any atom is -0.394 e. The third-order valence-electron chi connectivity index (χ3n) is 10.3. The number of amides is 3. The van der Waals surface area contributed by atoms with E-state index in [0.717, 1.165) is 30.4 Å². The van der Waals surface area contributed by atoms with Crippen LogP contribution >= 0.6 is 11.8 Å². The minimum absolute atomic E-state index is 0.0320. The third kappa shape index (κ3) is 6.06. The van der Waals surface area contributed by atoms with E-state index < -0.39 is 28.7 Å². The third-order valence-corrected chi connectivity index (χ3v) is 12.4. The summed E-state index contributed by atoms with van der Waals surface area (Å²) in [5, 5.41) is 10.8. The van der Waals surface area contributed by atoms with Crippen molar-refractivity contribution in [3.8, 4) is 0 Å². The van der Waals surface area contributed by atoms with Crippen LogP contribution in [-0.4, -0.2) is 85.3 Å². The first-order chi connectivity index (χ1) is 22.2. The van der Waals surface area contributed by atoms with E-state index in [-0.39, 0.29) is 41.5 Å². The Kier molecular flexibility index (Phi) is 10.8. The van der Waals surface area contributed by atoms with Gasteiger partial charge in [0.25, 0.3) is 0 Å². The highest BCUT2D eigenvalue weighted by atomic mass is 32.2. The van der Waals surface area contributed by atoms with Gasteiger partial charge in [-0.15, -0.1) is 24.9 Å². The molecule has 4 unspecified atom stereocenters. The normalized spacial score (nSPS) is 27.6. The van der Waals surface area contributed by atoms with Crippen LogP contribution < -0.4 is 0 Å². The lowest BCUT2D eigenvalue weighted by molar-refractivity contribution is -0.147. The summed E-state index contributed by atoms with van der Waals surface area (Å²) in [6.45, 7) is 15.0. The van der Waals surface area contributed by atoms with Gasteiger partial charge in [-0.05, 0) is 43.2 Å². The molecule has 0 saturated carbocycles. The molecule has 0 aromatic heterocycles. The number of thioether (sulfide) groups is 1. The van der Waals surface area contributed by atoms with Crippen molar-refractivity contribution in [2.45, 2.75) is 81.1 Å². The minimum atomic E-state index is -0.796. The Morgan fingerprint density at radius 2 is 1.67 bits per heavy atom. The van der Waals surface area contributed by atoms with E-state index in [1.807, 2.05) is 65.6 Å². The zero-order valence-corrected chi connectivity index (χ0v) is 28.3. The van der Waals surface area contributed by atoms with Crippen molar-refractivity contribution >= 4 is 29.5 Å². The molecule has 2 aromatic rings. The number of likely N-dealkylation sites (tertiary alicyclic amines) is 1. The summed E-state index contributed by atoms with van der Waals surface area (Å²) in [6, 6.07) is 18.2. The highest BCUT2D eigenvalue weighted by Gasteiger charge is 2.77. The zero-order valence-electron chi connectivity index (χ0n) is 27.5. The maximum atomic E-state index is 15.0. The smallest absolute Gasteiger partial charge is 0.247 e. The Morgan fingerprint density at radius 1 is 1.04 bits per heavy atom. The van der Waals surface area contributed by atoms with Crippen LogP contribution in [0.25, 0.3) is 0 Å². The van der Waals surface area contributed by atoms with Gasteiger partial charge in [-0.3, -0.25) is 14.4 Å². The fraction of sp³-hybridized carbons (Fsp3) is 0.500. The molecule has 7 nitrogen and oxygen atoms in total. The fourth-order valence-electron chi connectivity index (χ4n) is 8.31. The molecular weight excluding hydrogens is 595 g/mol. The van der Waals surface area contributed by atoms with E-state index in [4.69, 9.17) is 0 Å². The molecule has 3 heterocycles. The van der Waals surface area contributed by atoms with Gasteiger partial charge in [0.2, 0.25) is 17.7 Å². The van der Waals surface area contributed by atoms with Gasteiger partial charge in [0, 0.05) is 30.9 Å². The van der Waals surface area contributed by atoms with E-state index in [2.05, 4.69) is 33.9 Å². The monoisotopic (exact) mass is 643 g/mol. The molecule has 3 saturated heterocycles. The van der Waals surface area contributed by atoms with E-state index >= 15 is 0 Å². The van der Waals surface area contributed by atoms with Gasteiger partial charge in [0.05, 0.1) is 29.2 Å². The second-order valence-corrected chi connectivity index (χ2v) is 14.8. The van der Waals surface area contributed by atoms with E-state index in [9.17, 15) is 19.5 Å². The molecule has 2 aromatic carbocycles. The fourth-order valence-corrected chi connectivity index (χ4v) is 10.7. The molecule has 3 aliphatic rings. The highest BCUT2D eigenvalue weighted by molar-refractivity contribution is 8.02. The van der Waals surface area contributed by atoms with Gasteiger partial charge in [-0.2, -0.15) is 0 Å². The highest BCUT2D eigenvalue weighted by Crippen LogP contribution is 2.69. The molecule has 8 heteroatoms. The number of aliphatic hydroxyl groups is 1. The van der Waals surface area contributed by atoms with Crippen LogP contribution in [0.1, 0.15) is 51.2 Å². The van der Waals surface area contributed by atoms with Crippen LogP contribution in [0.5, 0.6) is 0 Å². The Bertz CT molecular complexity index is 1400. The number of nitrogens with zero attached hydrogens (tertiary/aromatic N) is 3.